The Balaban J connectivity index is 2.18. The molecule has 0 aliphatic carbocycles. The molecule has 1 aromatic heterocycles. The third-order valence-corrected chi connectivity index (χ3v) is 3.46. The van der Waals surface area contributed by atoms with Gasteiger partial charge in [0.05, 0.1) is 10.6 Å². The fourth-order valence-corrected chi connectivity index (χ4v) is 2.41. The summed E-state index contributed by atoms with van der Waals surface area (Å²) in [7, 11) is 0. The summed E-state index contributed by atoms with van der Waals surface area (Å²) in [5, 5.41) is 10.2. The Hall–Kier alpha value is -1.13. The fraction of sp³-hybridized carbons (Fsp3) is 0.286. The van der Waals surface area contributed by atoms with Crippen LogP contribution in [0.15, 0.2) is 33.2 Å². The van der Waals surface area contributed by atoms with Crippen molar-refractivity contribution in [1.82, 2.24) is 0 Å². The molecule has 1 unspecified atom stereocenters. The number of hydrogen-bond acceptors (Lipinski definition) is 2. The van der Waals surface area contributed by atoms with E-state index in [9.17, 15) is 9.50 Å². The Morgan fingerprint density at radius 3 is 2.61 bits per heavy atom. The number of aliphatic hydroxyl groups excluding tert-OH is 1. The molecule has 1 aromatic carbocycles. The van der Waals surface area contributed by atoms with Gasteiger partial charge in [0.1, 0.15) is 17.3 Å². The van der Waals surface area contributed by atoms with Gasteiger partial charge in [0.25, 0.3) is 0 Å². The lowest BCUT2D eigenvalue weighted by atomic mass is 10.0. The van der Waals surface area contributed by atoms with Gasteiger partial charge in [-0.1, -0.05) is 6.07 Å². The van der Waals surface area contributed by atoms with Gasteiger partial charge < -0.3 is 9.52 Å². The Morgan fingerprint density at radius 1 is 1.33 bits per heavy atom. The van der Waals surface area contributed by atoms with E-state index in [1.807, 2.05) is 19.9 Å². The molecule has 0 aliphatic heterocycles. The summed E-state index contributed by atoms with van der Waals surface area (Å²) in [4.78, 5) is 0. The Bertz CT molecular complexity index is 563. The van der Waals surface area contributed by atoms with Gasteiger partial charge in [0.15, 0.2) is 0 Å². The predicted molar refractivity (Wildman–Crippen MR) is 70.9 cm³/mol. The van der Waals surface area contributed by atoms with Gasteiger partial charge in [0.2, 0.25) is 0 Å². The molecule has 18 heavy (non-hydrogen) atoms. The maximum atomic E-state index is 13.1. The van der Waals surface area contributed by atoms with Crippen LogP contribution in [-0.4, -0.2) is 5.11 Å². The zero-order chi connectivity index (χ0) is 13.3. The Labute approximate surface area is 114 Å². The van der Waals surface area contributed by atoms with E-state index in [0.717, 1.165) is 22.6 Å². The molecule has 2 nitrogen and oxygen atoms in total. The second-order valence-electron chi connectivity index (χ2n) is 4.34. The maximum absolute atomic E-state index is 13.1. The molecule has 0 bridgehead atoms. The highest BCUT2D eigenvalue weighted by Crippen LogP contribution is 2.26. The molecule has 0 saturated heterocycles. The first-order chi connectivity index (χ1) is 8.47. The van der Waals surface area contributed by atoms with Crippen LogP contribution in [-0.2, 0) is 6.42 Å². The molecule has 1 heterocycles. The summed E-state index contributed by atoms with van der Waals surface area (Å²) in [6, 6.07) is 6.57. The standard InChI is InChI=1S/C14H14BrFO2/c1-8-5-11(9(2)18-8)14(17)7-10-3-4-13(16)12(15)6-10/h3-6,14,17H,7H2,1-2H3. The van der Waals surface area contributed by atoms with Crippen LogP contribution >= 0.6 is 15.9 Å². The topological polar surface area (TPSA) is 33.4 Å². The van der Waals surface area contributed by atoms with Gasteiger partial charge in [-0.15, -0.1) is 0 Å². The summed E-state index contributed by atoms with van der Waals surface area (Å²) < 4.78 is 18.9. The molecule has 96 valence electrons. The third kappa shape index (κ3) is 2.82. The first-order valence-corrected chi connectivity index (χ1v) is 6.45. The molecule has 1 N–H and O–H groups in total. The van der Waals surface area contributed by atoms with Gasteiger partial charge in [-0.2, -0.15) is 0 Å². The van der Waals surface area contributed by atoms with Gasteiger partial charge in [-0.05, 0) is 53.5 Å². The van der Waals surface area contributed by atoms with E-state index in [0.29, 0.717) is 10.9 Å². The van der Waals surface area contributed by atoms with Crippen molar-refractivity contribution in [3.63, 3.8) is 0 Å². The summed E-state index contributed by atoms with van der Waals surface area (Å²) in [6.45, 7) is 3.67. The highest BCUT2D eigenvalue weighted by molar-refractivity contribution is 9.10. The van der Waals surface area contributed by atoms with Crippen molar-refractivity contribution in [2.75, 3.05) is 0 Å². The van der Waals surface area contributed by atoms with Gasteiger partial charge in [0, 0.05) is 12.0 Å². The van der Waals surface area contributed by atoms with Gasteiger partial charge in [-0.25, -0.2) is 4.39 Å². The van der Waals surface area contributed by atoms with Crippen LogP contribution in [0.25, 0.3) is 0 Å². The van der Waals surface area contributed by atoms with E-state index in [-0.39, 0.29) is 5.82 Å². The first-order valence-electron chi connectivity index (χ1n) is 5.66. The molecule has 0 amide bonds. The zero-order valence-corrected chi connectivity index (χ0v) is 11.8. The minimum atomic E-state index is -0.639. The average Bonchev–Trinajstić information content (AvgIpc) is 2.63. The van der Waals surface area contributed by atoms with Crippen LogP contribution < -0.4 is 0 Å². The van der Waals surface area contributed by atoms with Crippen molar-refractivity contribution in [3.05, 3.63) is 57.2 Å². The normalized spacial score (nSPS) is 12.7. The first kappa shape index (κ1) is 13.3. The van der Waals surface area contributed by atoms with E-state index in [2.05, 4.69) is 15.9 Å². The van der Waals surface area contributed by atoms with E-state index in [1.54, 1.807) is 12.1 Å². The van der Waals surface area contributed by atoms with Crippen LogP contribution in [0.5, 0.6) is 0 Å². The highest BCUT2D eigenvalue weighted by Gasteiger charge is 2.15. The summed E-state index contributed by atoms with van der Waals surface area (Å²) >= 11 is 3.14. The molecule has 0 aliphatic rings. The number of aryl methyl sites for hydroxylation is 2. The van der Waals surface area contributed by atoms with Crippen molar-refractivity contribution in [3.8, 4) is 0 Å². The quantitative estimate of drug-likeness (QED) is 0.926. The number of benzene rings is 1. The molecule has 4 heteroatoms. The largest absolute Gasteiger partial charge is 0.466 e. The minimum absolute atomic E-state index is 0.302. The van der Waals surface area contributed by atoms with Crippen molar-refractivity contribution < 1.29 is 13.9 Å². The Morgan fingerprint density at radius 2 is 2.06 bits per heavy atom. The Kier molecular flexibility index (Phi) is 3.88. The number of aliphatic hydroxyl groups is 1. The average molecular weight is 313 g/mol. The molecule has 0 fully saturated rings. The lowest BCUT2D eigenvalue weighted by molar-refractivity contribution is 0.176. The van der Waals surface area contributed by atoms with Crippen molar-refractivity contribution in [1.29, 1.82) is 0 Å². The molecule has 2 aromatic rings. The van der Waals surface area contributed by atoms with Crippen LogP contribution in [0.4, 0.5) is 4.39 Å². The predicted octanol–water partition coefficient (Wildman–Crippen LogP) is 4.07. The summed E-state index contributed by atoms with van der Waals surface area (Å²) in [5.74, 6) is 1.20. The van der Waals surface area contributed by atoms with Crippen molar-refractivity contribution >= 4 is 15.9 Å². The minimum Gasteiger partial charge on any atom is -0.466 e. The number of hydrogen-bond donors (Lipinski definition) is 1. The number of furan rings is 1. The van der Waals surface area contributed by atoms with Crippen LogP contribution in [0.2, 0.25) is 0 Å². The fourth-order valence-electron chi connectivity index (χ4n) is 1.98. The van der Waals surface area contributed by atoms with Crippen molar-refractivity contribution in [2.24, 2.45) is 0 Å². The van der Waals surface area contributed by atoms with Gasteiger partial charge in [-0.3, -0.25) is 0 Å². The molecule has 0 spiro atoms. The van der Waals surface area contributed by atoms with E-state index in [4.69, 9.17) is 4.42 Å². The van der Waals surface area contributed by atoms with Crippen LogP contribution in [0.1, 0.15) is 28.8 Å². The number of halogens is 2. The molecule has 0 saturated carbocycles. The second-order valence-corrected chi connectivity index (χ2v) is 5.19. The second kappa shape index (κ2) is 5.24. The zero-order valence-electron chi connectivity index (χ0n) is 10.2. The van der Waals surface area contributed by atoms with Crippen LogP contribution in [0, 0.1) is 19.7 Å². The summed E-state index contributed by atoms with van der Waals surface area (Å²) in [6.07, 6.45) is -0.210. The van der Waals surface area contributed by atoms with Gasteiger partial charge >= 0.3 is 0 Å². The summed E-state index contributed by atoms with van der Waals surface area (Å²) in [5.41, 5.74) is 1.65. The lowest BCUT2D eigenvalue weighted by Crippen LogP contribution is -2.02. The molecular weight excluding hydrogens is 299 g/mol. The van der Waals surface area contributed by atoms with Crippen LogP contribution in [0.3, 0.4) is 0 Å². The van der Waals surface area contributed by atoms with E-state index in [1.165, 1.54) is 6.07 Å². The highest BCUT2D eigenvalue weighted by atomic mass is 79.9. The molecular formula is C14H14BrFO2. The van der Waals surface area contributed by atoms with Crippen molar-refractivity contribution in [2.45, 2.75) is 26.4 Å². The molecule has 0 radical (unpaired) electrons. The van der Waals surface area contributed by atoms with E-state index < -0.39 is 6.10 Å². The SMILES string of the molecule is Cc1cc(C(O)Cc2ccc(F)c(Br)c2)c(C)o1. The van der Waals surface area contributed by atoms with E-state index >= 15 is 0 Å². The monoisotopic (exact) mass is 312 g/mol. The maximum Gasteiger partial charge on any atom is 0.137 e. The lowest BCUT2D eigenvalue weighted by Gasteiger charge is -2.10. The third-order valence-electron chi connectivity index (χ3n) is 2.85. The number of rotatable bonds is 3. The molecule has 1 atom stereocenters. The molecule has 2 rings (SSSR count). The smallest absolute Gasteiger partial charge is 0.137 e.